The molecule has 1 aromatic carbocycles. The molecule has 0 atom stereocenters. The van der Waals surface area contributed by atoms with Gasteiger partial charge in [0.15, 0.2) is 0 Å². The van der Waals surface area contributed by atoms with Crippen molar-refractivity contribution in [2.24, 2.45) is 0 Å². The summed E-state index contributed by atoms with van der Waals surface area (Å²) in [4.78, 5) is 35.8. The Bertz CT molecular complexity index is 590. The number of amides is 2. The van der Waals surface area contributed by atoms with Gasteiger partial charge >= 0.3 is 5.97 Å². The topological polar surface area (TPSA) is 63.7 Å². The largest absolute Gasteiger partial charge is 0.462 e. The molecule has 0 spiro atoms. The summed E-state index contributed by atoms with van der Waals surface area (Å²) in [6, 6.07) is 6.96. The standard InChI is InChI=1S/C15H15NO4/c1-10(17)16(11(2)18)14-6-4-3-5-12(14)9-13-7-8-20-15(13)19/h3-6,9H,7-8H2,1-2H3. The van der Waals surface area contributed by atoms with Gasteiger partial charge in [-0.25, -0.2) is 4.79 Å². The van der Waals surface area contributed by atoms with Crippen molar-refractivity contribution in [3.63, 3.8) is 0 Å². The third-order valence-corrected chi connectivity index (χ3v) is 3.00. The fourth-order valence-corrected chi connectivity index (χ4v) is 2.14. The van der Waals surface area contributed by atoms with Crippen LogP contribution in [0.15, 0.2) is 29.8 Å². The van der Waals surface area contributed by atoms with Crippen LogP contribution in [0.1, 0.15) is 25.8 Å². The fourth-order valence-electron chi connectivity index (χ4n) is 2.14. The van der Waals surface area contributed by atoms with E-state index in [9.17, 15) is 14.4 Å². The number of carbonyl (C=O) groups is 3. The molecule has 0 saturated carbocycles. The molecule has 20 heavy (non-hydrogen) atoms. The van der Waals surface area contributed by atoms with Gasteiger partial charge in [0.1, 0.15) is 0 Å². The van der Waals surface area contributed by atoms with E-state index in [0.717, 1.165) is 4.90 Å². The third kappa shape index (κ3) is 2.77. The lowest BCUT2D eigenvalue weighted by Gasteiger charge is -2.19. The average molecular weight is 273 g/mol. The molecule has 5 heteroatoms. The number of para-hydroxylation sites is 1. The van der Waals surface area contributed by atoms with Gasteiger partial charge in [0.05, 0.1) is 12.3 Å². The van der Waals surface area contributed by atoms with Crippen molar-refractivity contribution in [1.29, 1.82) is 0 Å². The maximum atomic E-state index is 11.6. The van der Waals surface area contributed by atoms with E-state index >= 15 is 0 Å². The Morgan fingerprint density at radius 1 is 1.20 bits per heavy atom. The van der Waals surface area contributed by atoms with E-state index in [0.29, 0.717) is 29.9 Å². The highest BCUT2D eigenvalue weighted by Crippen LogP contribution is 2.26. The van der Waals surface area contributed by atoms with Crippen LogP contribution in [0.5, 0.6) is 0 Å². The molecule has 1 aliphatic heterocycles. The Kier molecular flexibility index (Phi) is 3.98. The molecular formula is C15H15NO4. The second-order valence-corrected chi connectivity index (χ2v) is 4.49. The number of cyclic esters (lactones) is 1. The minimum absolute atomic E-state index is 0.350. The number of anilines is 1. The third-order valence-electron chi connectivity index (χ3n) is 3.00. The zero-order valence-corrected chi connectivity index (χ0v) is 11.4. The van der Waals surface area contributed by atoms with Gasteiger partial charge in [-0.2, -0.15) is 0 Å². The minimum Gasteiger partial charge on any atom is -0.462 e. The lowest BCUT2D eigenvalue weighted by atomic mass is 10.1. The summed E-state index contributed by atoms with van der Waals surface area (Å²) in [5, 5.41) is 0. The van der Waals surface area contributed by atoms with Gasteiger partial charge in [-0.3, -0.25) is 14.5 Å². The second-order valence-electron chi connectivity index (χ2n) is 4.49. The predicted octanol–water partition coefficient (Wildman–Crippen LogP) is 1.92. The van der Waals surface area contributed by atoms with Gasteiger partial charge in [0.2, 0.25) is 11.8 Å². The van der Waals surface area contributed by atoms with Gasteiger partial charge in [0.25, 0.3) is 0 Å². The SMILES string of the molecule is CC(=O)N(C(C)=O)c1ccccc1C=C1CCOC1=O. The number of rotatable bonds is 2. The van der Waals surface area contributed by atoms with E-state index in [1.54, 1.807) is 30.3 Å². The molecule has 0 aromatic heterocycles. The normalized spacial score (nSPS) is 16.1. The molecule has 5 nitrogen and oxygen atoms in total. The Labute approximate surface area is 116 Å². The Hall–Kier alpha value is -2.43. The van der Waals surface area contributed by atoms with E-state index in [2.05, 4.69) is 0 Å². The van der Waals surface area contributed by atoms with Crippen LogP contribution in [0, 0.1) is 0 Å². The molecule has 1 saturated heterocycles. The monoisotopic (exact) mass is 273 g/mol. The lowest BCUT2D eigenvalue weighted by Crippen LogP contribution is -2.33. The molecule has 0 bridgehead atoms. The first-order valence-electron chi connectivity index (χ1n) is 6.28. The molecule has 0 radical (unpaired) electrons. The Balaban J connectivity index is 2.47. The van der Waals surface area contributed by atoms with Crippen LogP contribution >= 0.6 is 0 Å². The maximum Gasteiger partial charge on any atom is 0.334 e. The number of benzene rings is 1. The maximum absolute atomic E-state index is 11.6. The van der Waals surface area contributed by atoms with Gasteiger partial charge in [-0.05, 0) is 17.7 Å². The van der Waals surface area contributed by atoms with Gasteiger partial charge in [-0.15, -0.1) is 0 Å². The number of imide groups is 1. The van der Waals surface area contributed by atoms with Crippen molar-refractivity contribution >= 4 is 29.5 Å². The summed E-state index contributed by atoms with van der Waals surface area (Å²) in [6.07, 6.45) is 2.21. The quantitative estimate of drug-likeness (QED) is 0.610. The molecule has 104 valence electrons. The lowest BCUT2D eigenvalue weighted by molar-refractivity contribution is -0.135. The van der Waals surface area contributed by atoms with Crippen LogP contribution in [-0.4, -0.2) is 24.4 Å². The zero-order chi connectivity index (χ0) is 14.7. The molecule has 0 aliphatic carbocycles. The first kappa shape index (κ1) is 14.0. The number of hydrogen-bond donors (Lipinski definition) is 0. The van der Waals surface area contributed by atoms with E-state index < -0.39 is 0 Å². The molecule has 1 heterocycles. The first-order chi connectivity index (χ1) is 9.50. The highest BCUT2D eigenvalue weighted by Gasteiger charge is 2.22. The molecule has 1 aliphatic rings. The van der Waals surface area contributed by atoms with Crippen molar-refractivity contribution in [1.82, 2.24) is 0 Å². The molecule has 0 N–H and O–H groups in total. The second kappa shape index (κ2) is 5.69. The highest BCUT2D eigenvalue weighted by atomic mass is 16.5. The van der Waals surface area contributed by atoms with Crippen LogP contribution in [0.4, 0.5) is 5.69 Å². The van der Waals surface area contributed by atoms with Crippen molar-refractivity contribution in [3.8, 4) is 0 Å². The van der Waals surface area contributed by atoms with E-state index in [-0.39, 0.29) is 17.8 Å². The van der Waals surface area contributed by atoms with E-state index in [1.807, 2.05) is 0 Å². The van der Waals surface area contributed by atoms with Crippen LogP contribution in [0.2, 0.25) is 0 Å². The van der Waals surface area contributed by atoms with Gasteiger partial charge in [-0.1, -0.05) is 18.2 Å². The summed E-state index contributed by atoms with van der Waals surface area (Å²) >= 11 is 0. The number of hydrogen-bond acceptors (Lipinski definition) is 4. The molecule has 2 amide bonds. The smallest absolute Gasteiger partial charge is 0.334 e. The summed E-state index contributed by atoms with van der Waals surface area (Å²) in [6.45, 7) is 3.03. The molecular weight excluding hydrogens is 258 g/mol. The Morgan fingerprint density at radius 2 is 1.85 bits per heavy atom. The average Bonchev–Trinajstić information content (AvgIpc) is 2.76. The number of carbonyl (C=O) groups excluding carboxylic acids is 3. The van der Waals surface area contributed by atoms with E-state index in [1.165, 1.54) is 13.8 Å². The predicted molar refractivity (Wildman–Crippen MR) is 73.8 cm³/mol. The van der Waals surface area contributed by atoms with Crippen LogP contribution < -0.4 is 4.90 Å². The number of esters is 1. The number of ether oxygens (including phenoxy) is 1. The van der Waals surface area contributed by atoms with Gasteiger partial charge < -0.3 is 4.74 Å². The summed E-state index contributed by atoms with van der Waals surface area (Å²) in [7, 11) is 0. The van der Waals surface area contributed by atoms with Crippen molar-refractivity contribution in [2.45, 2.75) is 20.3 Å². The highest BCUT2D eigenvalue weighted by molar-refractivity contribution is 6.14. The zero-order valence-electron chi connectivity index (χ0n) is 11.4. The Morgan fingerprint density at radius 3 is 2.40 bits per heavy atom. The molecule has 1 aromatic rings. The summed E-state index contributed by atoms with van der Waals surface area (Å²) < 4.78 is 4.88. The first-order valence-corrected chi connectivity index (χ1v) is 6.28. The fraction of sp³-hybridized carbons (Fsp3) is 0.267. The van der Waals surface area contributed by atoms with Crippen molar-refractivity contribution in [3.05, 3.63) is 35.4 Å². The molecule has 1 fully saturated rings. The summed E-state index contributed by atoms with van der Waals surface area (Å²) in [5.74, 6) is -1.08. The van der Waals surface area contributed by atoms with Crippen LogP contribution in [0.25, 0.3) is 6.08 Å². The molecule has 0 unspecified atom stereocenters. The van der Waals surface area contributed by atoms with Crippen molar-refractivity contribution < 1.29 is 19.1 Å². The van der Waals surface area contributed by atoms with Crippen LogP contribution in [-0.2, 0) is 19.1 Å². The molecule has 2 rings (SSSR count). The summed E-state index contributed by atoms with van der Waals surface area (Å²) in [5.41, 5.74) is 1.66. The van der Waals surface area contributed by atoms with Crippen molar-refractivity contribution in [2.75, 3.05) is 11.5 Å². The van der Waals surface area contributed by atoms with E-state index in [4.69, 9.17) is 4.74 Å². The van der Waals surface area contributed by atoms with Gasteiger partial charge in [0, 0.05) is 25.8 Å². The number of nitrogens with zero attached hydrogens (tertiary/aromatic N) is 1. The minimum atomic E-state index is -0.364. The van der Waals surface area contributed by atoms with Crippen LogP contribution in [0.3, 0.4) is 0 Å².